The summed E-state index contributed by atoms with van der Waals surface area (Å²) in [6.45, 7) is 3.33. The van der Waals surface area contributed by atoms with E-state index >= 15 is 0 Å². The maximum Gasteiger partial charge on any atom is 0.271 e. The first-order valence-corrected chi connectivity index (χ1v) is 11.5. The van der Waals surface area contributed by atoms with Crippen LogP contribution in [-0.2, 0) is 7.05 Å². The number of nitrogens with zero attached hydrogens (tertiary/aromatic N) is 3. The third-order valence-electron chi connectivity index (χ3n) is 8.09. The monoisotopic (exact) mass is 389 g/mol. The smallest absolute Gasteiger partial charge is 0.271 e. The van der Waals surface area contributed by atoms with Crippen LogP contribution in [0.25, 0.3) is 10.9 Å². The molecule has 1 aromatic heterocycles. The minimum absolute atomic E-state index is 0.221. The van der Waals surface area contributed by atoms with Crippen molar-refractivity contribution in [3.05, 3.63) is 47.7 Å². The highest BCUT2D eigenvalue weighted by atomic mass is 16.2. The molecule has 3 saturated heterocycles. The van der Waals surface area contributed by atoms with E-state index in [0.29, 0.717) is 17.9 Å². The second-order valence-electron chi connectivity index (χ2n) is 9.65. The lowest BCUT2D eigenvalue weighted by molar-refractivity contribution is 0.00123. The fourth-order valence-corrected chi connectivity index (χ4v) is 6.84. The second kappa shape index (κ2) is 6.73. The van der Waals surface area contributed by atoms with Crippen LogP contribution in [0, 0.1) is 11.8 Å². The number of amides is 1. The lowest BCUT2D eigenvalue weighted by Crippen LogP contribution is -2.60. The third kappa shape index (κ3) is 2.72. The maximum atomic E-state index is 13.8. The molecular weight excluding hydrogens is 358 g/mol. The van der Waals surface area contributed by atoms with E-state index in [2.05, 4.69) is 50.8 Å². The van der Waals surface area contributed by atoms with Crippen molar-refractivity contribution in [1.82, 2.24) is 14.4 Å². The molecule has 4 heteroatoms. The Hall–Kier alpha value is -2.07. The van der Waals surface area contributed by atoms with Crippen molar-refractivity contribution < 1.29 is 4.79 Å². The van der Waals surface area contributed by atoms with Crippen molar-refractivity contribution in [2.45, 2.75) is 50.6 Å². The number of aromatic nitrogens is 1. The van der Waals surface area contributed by atoms with E-state index in [1.54, 1.807) is 5.57 Å². The Balaban J connectivity index is 1.36. The van der Waals surface area contributed by atoms with Crippen LogP contribution < -0.4 is 0 Å². The zero-order valence-electron chi connectivity index (χ0n) is 17.4. The van der Waals surface area contributed by atoms with Crippen LogP contribution in [0.3, 0.4) is 0 Å². The highest BCUT2D eigenvalue weighted by molar-refractivity contribution is 5.99. The van der Waals surface area contributed by atoms with Crippen LogP contribution in [0.15, 0.2) is 42.0 Å². The zero-order valence-corrected chi connectivity index (χ0v) is 17.4. The van der Waals surface area contributed by atoms with Gasteiger partial charge in [-0.15, -0.1) is 0 Å². The minimum atomic E-state index is 0.221. The van der Waals surface area contributed by atoms with Crippen molar-refractivity contribution >= 4 is 16.8 Å². The van der Waals surface area contributed by atoms with Crippen LogP contribution in [0.1, 0.15) is 49.0 Å². The van der Waals surface area contributed by atoms with Gasteiger partial charge in [-0.2, -0.15) is 0 Å². The average Bonchev–Trinajstić information content (AvgIpc) is 3.10. The fraction of sp³-hybridized carbons (Fsp3) is 0.560. The normalized spacial score (nSPS) is 31.9. The van der Waals surface area contributed by atoms with Crippen molar-refractivity contribution in [3.8, 4) is 0 Å². The molecule has 4 nitrogen and oxygen atoms in total. The van der Waals surface area contributed by atoms with Gasteiger partial charge in [0.2, 0.25) is 0 Å². The number of carbonyl (C=O) groups is 1. The summed E-state index contributed by atoms with van der Waals surface area (Å²) in [4.78, 5) is 18.7. The van der Waals surface area contributed by atoms with Crippen LogP contribution in [0.4, 0.5) is 0 Å². The van der Waals surface area contributed by atoms with Gasteiger partial charge in [0, 0.05) is 37.1 Å². The van der Waals surface area contributed by atoms with Gasteiger partial charge in [-0.3, -0.25) is 9.69 Å². The molecule has 3 fully saturated rings. The molecule has 4 aliphatic rings. The van der Waals surface area contributed by atoms with Gasteiger partial charge in [0.15, 0.2) is 0 Å². The standard InChI is InChI=1S/C25H31N3O/c1-26-21-9-3-2-7-17(21)15-23(26)25(29)28-12-6-8-18-13-19-14-20(24(18)28)16-27-11-5-4-10-22(19)27/h2-3,7,9,13,15,19-20,22,24H,4-6,8,10-12,14,16H2,1H3/t19-,20+,22-,24+/m0/s1. The van der Waals surface area contributed by atoms with Crippen molar-refractivity contribution in [1.29, 1.82) is 0 Å². The lowest BCUT2D eigenvalue weighted by Gasteiger charge is -2.54. The highest BCUT2D eigenvalue weighted by Crippen LogP contribution is 2.45. The topological polar surface area (TPSA) is 28.5 Å². The summed E-state index contributed by atoms with van der Waals surface area (Å²) in [5.41, 5.74) is 3.54. The van der Waals surface area contributed by atoms with Gasteiger partial charge in [-0.05, 0) is 62.6 Å². The molecule has 0 saturated carbocycles. The molecule has 1 aliphatic carbocycles. The van der Waals surface area contributed by atoms with Crippen LogP contribution in [0.5, 0.6) is 0 Å². The Morgan fingerprint density at radius 1 is 1.10 bits per heavy atom. The van der Waals surface area contributed by atoms with E-state index in [4.69, 9.17) is 0 Å². The molecule has 6 rings (SSSR count). The van der Waals surface area contributed by atoms with Crippen molar-refractivity contribution in [2.75, 3.05) is 19.6 Å². The van der Waals surface area contributed by atoms with Gasteiger partial charge >= 0.3 is 0 Å². The first-order chi connectivity index (χ1) is 14.2. The third-order valence-corrected chi connectivity index (χ3v) is 8.09. The van der Waals surface area contributed by atoms with E-state index in [1.165, 1.54) is 45.2 Å². The predicted molar refractivity (Wildman–Crippen MR) is 116 cm³/mol. The van der Waals surface area contributed by atoms with Gasteiger partial charge in [0.1, 0.15) is 5.69 Å². The Bertz CT molecular complexity index is 989. The van der Waals surface area contributed by atoms with E-state index in [-0.39, 0.29) is 5.91 Å². The summed E-state index contributed by atoms with van der Waals surface area (Å²) in [5.74, 6) is 1.54. The number of para-hydroxylation sites is 1. The largest absolute Gasteiger partial charge is 0.340 e. The number of likely N-dealkylation sites (tertiary alicyclic amines) is 1. The average molecular weight is 390 g/mol. The number of benzene rings is 1. The molecule has 2 aromatic rings. The molecule has 0 unspecified atom stereocenters. The Kier molecular flexibility index (Phi) is 4.12. The molecular formula is C25H31N3O. The number of aryl methyl sites for hydroxylation is 1. The van der Waals surface area contributed by atoms with Gasteiger partial charge in [-0.1, -0.05) is 36.3 Å². The summed E-state index contributed by atoms with van der Waals surface area (Å²) < 4.78 is 2.09. The first kappa shape index (κ1) is 17.8. The van der Waals surface area contributed by atoms with Gasteiger partial charge in [0.25, 0.3) is 5.91 Å². The molecule has 2 bridgehead atoms. The number of hydrogen-bond acceptors (Lipinski definition) is 2. The Morgan fingerprint density at radius 2 is 2.00 bits per heavy atom. The number of piperidine rings is 3. The quantitative estimate of drug-likeness (QED) is 0.684. The molecule has 1 aromatic carbocycles. The molecule has 1 amide bonds. The van der Waals surface area contributed by atoms with Gasteiger partial charge in [0.05, 0.1) is 6.04 Å². The SMILES string of the molecule is Cn1c(C(=O)N2CCCC3=C[C@H]4C[C@H](CN5CCCC[C@@H]45)[C@@H]32)cc2ccccc21. The number of carbonyl (C=O) groups excluding carboxylic acids is 1. The van der Waals surface area contributed by atoms with Gasteiger partial charge < -0.3 is 9.47 Å². The zero-order chi connectivity index (χ0) is 19.5. The molecule has 0 radical (unpaired) electrons. The number of rotatable bonds is 1. The van der Waals surface area contributed by atoms with E-state index in [1.807, 2.05) is 7.05 Å². The van der Waals surface area contributed by atoms with E-state index < -0.39 is 0 Å². The summed E-state index contributed by atoms with van der Waals surface area (Å²) in [7, 11) is 2.03. The summed E-state index contributed by atoms with van der Waals surface area (Å²) in [5, 5.41) is 1.16. The molecule has 152 valence electrons. The lowest BCUT2D eigenvalue weighted by atomic mass is 9.68. The van der Waals surface area contributed by atoms with Crippen molar-refractivity contribution in [2.24, 2.45) is 18.9 Å². The fourth-order valence-electron chi connectivity index (χ4n) is 6.84. The molecule has 0 spiro atoms. The highest BCUT2D eigenvalue weighted by Gasteiger charge is 2.47. The second-order valence-corrected chi connectivity index (χ2v) is 9.65. The summed E-state index contributed by atoms with van der Waals surface area (Å²) in [6.07, 6.45) is 10.3. The van der Waals surface area contributed by atoms with Crippen LogP contribution >= 0.6 is 0 Å². The summed E-state index contributed by atoms with van der Waals surface area (Å²) in [6, 6.07) is 11.5. The van der Waals surface area contributed by atoms with Crippen LogP contribution in [0.2, 0.25) is 0 Å². The molecule has 4 atom stereocenters. The first-order valence-electron chi connectivity index (χ1n) is 11.5. The Morgan fingerprint density at radius 3 is 2.90 bits per heavy atom. The van der Waals surface area contributed by atoms with Crippen molar-refractivity contribution in [3.63, 3.8) is 0 Å². The van der Waals surface area contributed by atoms with E-state index in [9.17, 15) is 4.79 Å². The predicted octanol–water partition coefficient (Wildman–Crippen LogP) is 4.21. The Labute approximate surface area is 173 Å². The number of hydrogen-bond donors (Lipinski definition) is 0. The van der Waals surface area contributed by atoms with E-state index in [0.717, 1.165) is 35.6 Å². The van der Waals surface area contributed by atoms with Gasteiger partial charge in [-0.25, -0.2) is 0 Å². The molecule has 0 N–H and O–H groups in total. The summed E-state index contributed by atoms with van der Waals surface area (Å²) >= 11 is 0. The minimum Gasteiger partial charge on any atom is -0.340 e. The molecule has 4 heterocycles. The molecule has 3 aliphatic heterocycles. The maximum absolute atomic E-state index is 13.8. The molecule has 29 heavy (non-hydrogen) atoms. The number of fused-ring (bicyclic) bond motifs is 7. The van der Waals surface area contributed by atoms with Crippen LogP contribution in [-0.4, -0.2) is 52.0 Å².